The highest BCUT2D eigenvalue weighted by Gasteiger charge is 2.26. The summed E-state index contributed by atoms with van der Waals surface area (Å²) >= 11 is 1.62. The number of pyridine rings is 1. The molecular formula is C19H22N4O3S2. The number of rotatable bonds is 4. The van der Waals surface area contributed by atoms with Gasteiger partial charge in [-0.05, 0) is 30.7 Å². The standard InChI is InChI=1S/C19H22N4O3S2/c1-12(13-3-4-19-17(7-13)21-11-27-19)23-6-5-16-15(18(24)10-23)8-14(9-20-16)22-28(2,25)26/h3-4,7-9,11-12,18,22,24H,5-6,10H2,1-2H3/t12?,18-/m0/s1. The Labute approximate surface area is 168 Å². The number of nitrogens with one attached hydrogen (secondary N) is 1. The second-order valence-electron chi connectivity index (χ2n) is 7.15. The van der Waals surface area contributed by atoms with Gasteiger partial charge in [0.1, 0.15) is 0 Å². The topological polar surface area (TPSA) is 95.4 Å². The highest BCUT2D eigenvalue weighted by Crippen LogP contribution is 2.31. The molecule has 1 aliphatic rings. The molecule has 9 heteroatoms. The number of sulfonamides is 1. The van der Waals surface area contributed by atoms with Crippen LogP contribution < -0.4 is 4.72 Å². The average Bonchev–Trinajstić information content (AvgIpc) is 3.04. The fourth-order valence-corrected chi connectivity index (χ4v) is 4.83. The second kappa shape index (κ2) is 7.40. The van der Waals surface area contributed by atoms with E-state index < -0.39 is 16.1 Å². The van der Waals surface area contributed by atoms with E-state index in [0.717, 1.165) is 34.3 Å². The van der Waals surface area contributed by atoms with Crippen molar-refractivity contribution in [2.24, 2.45) is 0 Å². The largest absolute Gasteiger partial charge is 0.387 e. The van der Waals surface area contributed by atoms with Crippen LogP contribution in [-0.2, 0) is 16.4 Å². The first-order chi connectivity index (χ1) is 13.3. The third-order valence-corrected chi connectivity index (χ3v) is 6.51. The summed E-state index contributed by atoms with van der Waals surface area (Å²) in [5.74, 6) is 0. The zero-order valence-electron chi connectivity index (χ0n) is 15.7. The lowest BCUT2D eigenvalue weighted by atomic mass is 10.1. The lowest BCUT2D eigenvalue weighted by Crippen LogP contribution is -2.31. The second-order valence-corrected chi connectivity index (χ2v) is 9.79. The Morgan fingerprint density at radius 1 is 1.32 bits per heavy atom. The van der Waals surface area contributed by atoms with Crippen molar-refractivity contribution in [2.45, 2.75) is 25.5 Å². The normalized spacial score (nSPS) is 19.2. The van der Waals surface area contributed by atoms with Gasteiger partial charge < -0.3 is 5.11 Å². The summed E-state index contributed by atoms with van der Waals surface area (Å²) in [4.78, 5) is 11.0. The molecule has 0 amide bonds. The minimum Gasteiger partial charge on any atom is -0.387 e. The average molecular weight is 419 g/mol. The molecule has 3 aromatic rings. The number of aliphatic hydroxyl groups is 1. The summed E-state index contributed by atoms with van der Waals surface area (Å²) in [6.45, 7) is 3.33. The van der Waals surface area contributed by atoms with Crippen molar-refractivity contribution in [3.8, 4) is 0 Å². The zero-order valence-corrected chi connectivity index (χ0v) is 17.3. The molecule has 2 aromatic heterocycles. The van der Waals surface area contributed by atoms with Crippen molar-refractivity contribution < 1.29 is 13.5 Å². The molecule has 3 heterocycles. The highest BCUT2D eigenvalue weighted by atomic mass is 32.2. The fraction of sp³-hybridized carbons (Fsp3) is 0.368. The van der Waals surface area contributed by atoms with Gasteiger partial charge in [0.15, 0.2) is 0 Å². The van der Waals surface area contributed by atoms with E-state index in [1.165, 1.54) is 6.20 Å². The molecular weight excluding hydrogens is 396 g/mol. The first-order valence-corrected chi connectivity index (χ1v) is 11.8. The van der Waals surface area contributed by atoms with Gasteiger partial charge >= 0.3 is 0 Å². The van der Waals surface area contributed by atoms with Crippen LogP contribution in [0.3, 0.4) is 0 Å². The van der Waals surface area contributed by atoms with Crippen molar-refractivity contribution in [1.29, 1.82) is 0 Å². The zero-order chi connectivity index (χ0) is 19.9. The van der Waals surface area contributed by atoms with Crippen LogP contribution in [0, 0.1) is 0 Å². The number of β-amino-alcohol motifs (C(OH)–C–C–N with tert-alkyl or cyclic N) is 1. The molecule has 1 unspecified atom stereocenters. The van der Waals surface area contributed by atoms with Crippen molar-refractivity contribution in [2.75, 3.05) is 24.1 Å². The number of anilines is 1. The van der Waals surface area contributed by atoms with E-state index in [-0.39, 0.29) is 6.04 Å². The first kappa shape index (κ1) is 19.3. The highest BCUT2D eigenvalue weighted by molar-refractivity contribution is 7.92. The fourth-order valence-electron chi connectivity index (χ4n) is 3.64. The quantitative estimate of drug-likeness (QED) is 0.676. The van der Waals surface area contributed by atoms with E-state index in [0.29, 0.717) is 24.2 Å². The predicted octanol–water partition coefficient (Wildman–Crippen LogP) is 2.72. The Morgan fingerprint density at radius 2 is 2.14 bits per heavy atom. The van der Waals surface area contributed by atoms with Crippen molar-refractivity contribution >= 4 is 37.3 Å². The van der Waals surface area contributed by atoms with Gasteiger partial charge in [0.25, 0.3) is 0 Å². The summed E-state index contributed by atoms with van der Waals surface area (Å²) in [5, 5.41) is 10.8. The molecule has 0 radical (unpaired) electrons. The van der Waals surface area contributed by atoms with Gasteiger partial charge in [0.05, 0.1) is 40.0 Å². The van der Waals surface area contributed by atoms with Gasteiger partial charge in [0, 0.05) is 36.8 Å². The maximum Gasteiger partial charge on any atom is 0.229 e. The van der Waals surface area contributed by atoms with Crippen molar-refractivity contribution in [3.05, 3.63) is 52.8 Å². The Hall–Kier alpha value is -2.07. The Kier molecular flexibility index (Phi) is 5.09. The van der Waals surface area contributed by atoms with Gasteiger partial charge in [0.2, 0.25) is 10.0 Å². The lowest BCUT2D eigenvalue weighted by molar-refractivity contribution is 0.0985. The molecule has 2 N–H and O–H groups in total. The molecule has 0 bridgehead atoms. The van der Waals surface area contributed by atoms with Crippen LogP contribution in [0.5, 0.6) is 0 Å². The molecule has 0 saturated heterocycles. The third-order valence-electron chi connectivity index (χ3n) is 5.09. The molecule has 1 aromatic carbocycles. The Morgan fingerprint density at radius 3 is 2.93 bits per heavy atom. The van der Waals surface area contributed by atoms with E-state index in [9.17, 15) is 13.5 Å². The summed E-state index contributed by atoms with van der Waals surface area (Å²) in [5.41, 5.74) is 5.85. The minimum atomic E-state index is -3.39. The van der Waals surface area contributed by atoms with E-state index in [1.807, 2.05) is 5.51 Å². The summed E-state index contributed by atoms with van der Waals surface area (Å²) < 4.78 is 26.5. The minimum absolute atomic E-state index is 0.115. The maximum absolute atomic E-state index is 11.5. The predicted molar refractivity (Wildman–Crippen MR) is 111 cm³/mol. The third kappa shape index (κ3) is 4.02. The molecule has 0 fully saturated rings. The summed E-state index contributed by atoms with van der Waals surface area (Å²) in [7, 11) is -3.39. The molecule has 1 aliphatic heterocycles. The van der Waals surface area contributed by atoms with Crippen molar-refractivity contribution in [1.82, 2.24) is 14.9 Å². The van der Waals surface area contributed by atoms with E-state index >= 15 is 0 Å². The molecule has 28 heavy (non-hydrogen) atoms. The van der Waals surface area contributed by atoms with Crippen LogP contribution in [0.1, 0.15) is 35.9 Å². The monoisotopic (exact) mass is 418 g/mol. The van der Waals surface area contributed by atoms with Crippen LogP contribution in [0.15, 0.2) is 36.0 Å². The van der Waals surface area contributed by atoms with Crippen LogP contribution in [-0.4, -0.2) is 47.7 Å². The molecule has 2 atom stereocenters. The van der Waals surface area contributed by atoms with E-state index in [2.05, 4.69) is 44.7 Å². The summed E-state index contributed by atoms with van der Waals surface area (Å²) in [6.07, 6.45) is 2.55. The van der Waals surface area contributed by atoms with Gasteiger partial charge in [-0.2, -0.15) is 0 Å². The number of nitrogens with zero attached hydrogens (tertiary/aromatic N) is 3. The van der Waals surface area contributed by atoms with E-state index in [1.54, 1.807) is 17.4 Å². The molecule has 148 valence electrons. The maximum atomic E-state index is 11.5. The number of aromatic nitrogens is 2. The number of thiazole rings is 1. The lowest BCUT2D eigenvalue weighted by Gasteiger charge is -2.29. The van der Waals surface area contributed by atoms with Gasteiger partial charge in [-0.1, -0.05) is 6.07 Å². The van der Waals surface area contributed by atoms with Crippen LogP contribution >= 0.6 is 11.3 Å². The SMILES string of the molecule is CC(c1ccc2scnc2c1)N1CCc2ncc(NS(C)(=O)=O)cc2[C@@H](O)C1. The van der Waals surface area contributed by atoms with Crippen LogP contribution in [0.4, 0.5) is 5.69 Å². The first-order valence-electron chi connectivity index (χ1n) is 9.02. The number of hydrogen-bond donors (Lipinski definition) is 2. The van der Waals surface area contributed by atoms with Crippen LogP contribution in [0.25, 0.3) is 10.2 Å². The molecule has 0 saturated carbocycles. The Bertz CT molecular complexity index is 1110. The molecule has 0 aliphatic carbocycles. The number of benzene rings is 1. The van der Waals surface area contributed by atoms with Crippen LogP contribution in [0.2, 0.25) is 0 Å². The summed E-state index contributed by atoms with van der Waals surface area (Å²) in [6, 6.07) is 8.11. The van der Waals surface area contributed by atoms with E-state index in [4.69, 9.17) is 0 Å². The molecule has 4 rings (SSSR count). The number of fused-ring (bicyclic) bond motifs is 2. The number of aliphatic hydroxyl groups excluding tert-OH is 1. The van der Waals surface area contributed by atoms with Gasteiger partial charge in [-0.3, -0.25) is 14.6 Å². The Balaban J connectivity index is 1.57. The van der Waals surface area contributed by atoms with Crippen molar-refractivity contribution in [3.63, 3.8) is 0 Å². The molecule has 7 nitrogen and oxygen atoms in total. The number of hydrogen-bond acceptors (Lipinski definition) is 7. The van der Waals surface area contributed by atoms with Gasteiger partial charge in [-0.15, -0.1) is 11.3 Å². The molecule has 0 spiro atoms. The van der Waals surface area contributed by atoms with Gasteiger partial charge in [-0.25, -0.2) is 13.4 Å². The smallest absolute Gasteiger partial charge is 0.229 e.